The lowest BCUT2D eigenvalue weighted by Crippen LogP contribution is -2.37. The van der Waals surface area contributed by atoms with Gasteiger partial charge in [0.2, 0.25) is 5.78 Å². The number of ether oxygens (including phenoxy) is 1. The van der Waals surface area contributed by atoms with E-state index in [9.17, 15) is 4.79 Å². The van der Waals surface area contributed by atoms with Crippen molar-refractivity contribution in [1.29, 1.82) is 0 Å². The number of aromatic nitrogens is 3. The van der Waals surface area contributed by atoms with Crippen LogP contribution in [0.1, 0.15) is 29.0 Å². The number of carbonyl (C=O) groups is 1. The average molecular weight is 352 g/mol. The third kappa shape index (κ3) is 3.18. The second-order valence-corrected chi connectivity index (χ2v) is 6.43. The number of carboxylic acid groups (broad SMARTS) is 1. The van der Waals surface area contributed by atoms with Crippen molar-refractivity contribution in [2.24, 2.45) is 0 Å². The van der Waals surface area contributed by atoms with Crippen LogP contribution in [0.5, 0.6) is 0 Å². The largest absolute Gasteiger partial charge is 0.476 e. The van der Waals surface area contributed by atoms with Crippen LogP contribution in [-0.4, -0.2) is 56.6 Å². The van der Waals surface area contributed by atoms with Gasteiger partial charge in [-0.2, -0.15) is 0 Å². The molecule has 7 nitrogen and oxygen atoms in total. The SMILES string of the molecule is C[C@H](c1ccc(-c2cnc3nc(C(=O)O)cn3c2)cc1)N1CCOCC1. The van der Waals surface area contributed by atoms with Crippen LogP contribution >= 0.6 is 0 Å². The summed E-state index contributed by atoms with van der Waals surface area (Å²) in [6.45, 7) is 5.70. The van der Waals surface area contributed by atoms with Crippen LogP contribution in [0.25, 0.3) is 16.9 Å². The van der Waals surface area contributed by atoms with Crippen molar-refractivity contribution in [3.63, 3.8) is 0 Å². The van der Waals surface area contributed by atoms with Gasteiger partial charge in [-0.05, 0) is 18.1 Å². The Morgan fingerprint density at radius 1 is 1.15 bits per heavy atom. The van der Waals surface area contributed by atoms with Gasteiger partial charge in [0.1, 0.15) is 0 Å². The summed E-state index contributed by atoms with van der Waals surface area (Å²) < 4.78 is 7.06. The Hall–Kier alpha value is -2.77. The maximum atomic E-state index is 11.0. The van der Waals surface area contributed by atoms with Crippen molar-refractivity contribution in [2.45, 2.75) is 13.0 Å². The van der Waals surface area contributed by atoms with Gasteiger partial charge in [0.25, 0.3) is 0 Å². The number of aromatic carboxylic acids is 1. The van der Waals surface area contributed by atoms with Crippen LogP contribution in [0.4, 0.5) is 0 Å². The van der Waals surface area contributed by atoms with Gasteiger partial charge < -0.3 is 9.84 Å². The molecule has 1 aliphatic rings. The highest BCUT2D eigenvalue weighted by atomic mass is 16.5. The Labute approximate surface area is 150 Å². The van der Waals surface area contributed by atoms with E-state index in [0.29, 0.717) is 11.8 Å². The minimum absolute atomic E-state index is 0.00988. The molecule has 4 rings (SSSR count). The zero-order valence-electron chi connectivity index (χ0n) is 14.5. The molecule has 1 fully saturated rings. The molecule has 0 amide bonds. The number of carboxylic acids is 1. The number of morpholine rings is 1. The number of rotatable bonds is 4. The molecule has 7 heteroatoms. The van der Waals surface area contributed by atoms with Crippen molar-refractivity contribution < 1.29 is 14.6 Å². The molecule has 3 aromatic rings. The predicted octanol–water partition coefficient (Wildman–Crippen LogP) is 2.49. The number of hydrogen-bond donors (Lipinski definition) is 1. The summed E-state index contributed by atoms with van der Waals surface area (Å²) in [7, 11) is 0. The molecule has 2 aromatic heterocycles. The molecule has 0 unspecified atom stereocenters. The molecule has 1 aliphatic heterocycles. The van der Waals surface area contributed by atoms with Crippen molar-refractivity contribution in [3.8, 4) is 11.1 Å². The Kier molecular flexibility index (Phi) is 4.40. The topological polar surface area (TPSA) is 80.0 Å². The first-order chi connectivity index (χ1) is 12.6. The lowest BCUT2D eigenvalue weighted by Gasteiger charge is -2.32. The fraction of sp³-hybridized carbons (Fsp3) is 0.316. The zero-order valence-corrected chi connectivity index (χ0v) is 14.5. The van der Waals surface area contributed by atoms with Gasteiger partial charge in [-0.1, -0.05) is 24.3 Å². The molecule has 3 heterocycles. The average Bonchev–Trinajstić information content (AvgIpc) is 3.12. The molecule has 1 N–H and O–H groups in total. The van der Waals surface area contributed by atoms with Crippen LogP contribution in [0.2, 0.25) is 0 Å². The number of fused-ring (bicyclic) bond motifs is 1. The van der Waals surface area contributed by atoms with Crippen LogP contribution in [-0.2, 0) is 4.74 Å². The van der Waals surface area contributed by atoms with Gasteiger partial charge in [-0.25, -0.2) is 14.8 Å². The molecule has 0 spiro atoms. The van der Waals surface area contributed by atoms with Crippen LogP contribution in [0.15, 0.2) is 42.9 Å². The number of nitrogens with zero attached hydrogens (tertiary/aromatic N) is 4. The zero-order chi connectivity index (χ0) is 18.1. The smallest absolute Gasteiger partial charge is 0.356 e. The van der Waals surface area contributed by atoms with Crippen molar-refractivity contribution >= 4 is 11.7 Å². The molecule has 134 valence electrons. The first-order valence-corrected chi connectivity index (χ1v) is 8.62. The molecular weight excluding hydrogens is 332 g/mol. The Morgan fingerprint density at radius 3 is 2.58 bits per heavy atom. The Morgan fingerprint density at radius 2 is 1.88 bits per heavy atom. The van der Waals surface area contributed by atoms with Crippen LogP contribution in [0.3, 0.4) is 0 Å². The first-order valence-electron chi connectivity index (χ1n) is 8.62. The van der Waals surface area contributed by atoms with E-state index < -0.39 is 5.97 Å². The normalized spacial score (nSPS) is 16.7. The van der Waals surface area contributed by atoms with E-state index in [-0.39, 0.29) is 5.69 Å². The van der Waals surface area contributed by atoms with Crippen LogP contribution < -0.4 is 0 Å². The van der Waals surface area contributed by atoms with Gasteiger partial charge in [0.15, 0.2) is 5.69 Å². The molecule has 26 heavy (non-hydrogen) atoms. The predicted molar refractivity (Wildman–Crippen MR) is 96.2 cm³/mol. The minimum atomic E-state index is -1.06. The quantitative estimate of drug-likeness (QED) is 0.777. The van der Waals surface area contributed by atoms with E-state index in [2.05, 4.69) is 46.1 Å². The monoisotopic (exact) mass is 352 g/mol. The fourth-order valence-electron chi connectivity index (χ4n) is 3.27. The molecule has 1 aromatic carbocycles. The maximum absolute atomic E-state index is 11.0. The van der Waals surface area contributed by atoms with E-state index >= 15 is 0 Å². The van der Waals surface area contributed by atoms with Crippen molar-refractivity contribution in [3.05, 3.63) is 54.1 Å². The first kappa shape index (κ1) is 16.7. The Balaban J connectivity index is 1.58. The summed E-state index contributed by atoms with van der Waals surface area (Å²) in [5.41, 5.74) is 3.20. The molecule has 0 saturated carbocycles. The van der Waals surface area contributed by atoms with E-state index in [1.165, 1.54) is 11.8 Å². The highest BCUT2D eigenvalue weighted by molar-refractivity contribution is 5.85. The lowest BCUT2D eigenvalue weighted by atomic mass is 10.0. The van der Waals surface area contributed by atoms with Gasteiger partial charge >= 0.3 is 5.97 Å². The van der Waals surface area contributed by atoms with Crippen molar-refractivity contribution in [1.82, 2.24) is 19.3 Å². The molecule has 0 bridgehead atoms. The molecule has 1 atom stereocenters. The second-order valence-electron chi connectivity index (χ2n) is 6.43. The molecule has 0 radical (unpaired) electrons. The van der Waals surface area contributed by atoms with Gasteiger partial charge in [0, 0.05) is 43.3 Å². The summed E-state index contributed by atoms with van der Waals surface area (Å²) in [6.07, 6.45) is 5.04. The third-order valence-electron chi connectivity index (χ3n) is 4.85. The molecule has 0 aliphatic carbocycles. The number of hydrogen-bond acceptors (Lipinski definition) is 5. The highest BCUT2D eigenvalue weighted by Crippen LogP contribution is 2.25. The summed E-state index contributed by atoms with van der Waals surface area (Å²) in [5, 5.41) is 9.05. The minimum Gasteiger partial charge on any atom is -0.476 e. The number of benzene rings is 1. The lowest BCUT2D eigenvalue weighted by molar-refractivity contribution is 0.0198. The van der Waals surface area contributed by atoms with E-state index in [0.717, 1.165) is 37.4 Å². The van der Waals surface area contributed by atoms with Gasteiger partial charge in [0.05, 0.1) is 13.2 Å². The van der Waals surface area contributed by atoms with Crippen LogP contribution in [0, 0.1) is 0 Å². The molecular formula is C19H20N4O3. The summed E-state index contributed by atoms with van der Waals surface area (Å²) in [6, 6.07) is 8.77. The van der Waals surface area contributed by atoms with E-state index in [1.807, 2.05) is 6.20 Å². The van der Waals surface area contributed by atoms with Gasteiger partial charge in [-0.15, -0.1) is 0 Å². The van der Waals surface area contributed by atoms with E-state index in [1.54, 1.807) is 10.6 Å². The molecule has 1 saturated heterocycles. The van der Waals surface area contributed by atoms with Crippen molar-refractivity contribution in [2.75, 3.05) is 26.3 Å². The highest BCUT2D eigenvalue weighted by Gasteiger charge is 2.18. The number of imidazole rings is 1. The summed E-state index contributed by atoms with van der Waals surface area (Å²) in [5.74, 6) is -0.679. The summed E-state index contributed by atoms with van der Waals surface area (Å²) >= 11 is 0. The van der Waals surface area contributed by atoms with E-state index in [4.69, 9.17) is 9.84 Å². The second kappa shape index (κ2) is 6.86. The Bertz CT molecular complexity index is 930. The summed E-state index contributed by atoms with van der Waals surface area (Å²) in [4.78, 5) is 21.7. The third-order valence-corrected chi connectivity index (χ3v) is 4.85. The maximum Gasteiger partial charge on any atom is 0.356 e. The van der Waals surface area contributed by atoms with Gasteiger partial charge in [-0.3, -0.25) is 9.30 Å². The standard InChI is InChI=1S/C19H20N4O3/c1-13(22-6-8-26-9-7-22)14-2-4-15(5-3-14)16-10-20-19-21-17(18(24)25)12-23(19)11-16/h2-5,10-13H,6-9H2,1H3,(H,24,25)/t13-/m1/s1. The fourth-order valence-corrected chi connectivity index (χ4v) is 3.27.